The summed E-state index contributed by atoms with van der Waals surface area (Å²) in [5, 5.41) is 8.41. The van der Waals surface area contributed by atoms with E-state index in [-0.39, 0.29) is 6.54 Å². The molecule has 8 heteroatoms. The van der Waals surface area contributed by atoms with Gasteiger partial charge in [-0.15, -0.1) is 0 Å². The van der Waals surface area contributed by atoms with Crippen molar-refractivity contribution < 1.29 is 8.78 Å². The summed E-state index contributed by atoms with van der Waals surface area (Å²) in [5.41, 5.74) is 5.37. The number of aromatic amines is 1. The van der Waals surface area contributed by atoms with E-state index >= 15 is 0 Å². The van der Waals surface area contributed by atoms with Crippen molar-refractivity contribution >= 4 is 16.9 Å². The molecule has 2 N–H and O–H groups in total. The fourth-order valence-electron chi connectivity index (χ4n) is 3.69. The van der Waals surface area contributed by atoms with Crippen molar-refractivity contribution in [3.63, 3.8) is 0 Å². The van der Waals surface area contributed by atoms with Gasteiger partial charge in [-0.1, -0.05) is 18.2 Å². The molecule has 0 amide bonds. The monoisotopic (exact) mass is 430 g/mol. The first-order chi connectivity index (χ1) is 15.5. The molecular formula is C24H20F2N6. The van der Waals surface area contributed by atoms with Gasteiger partial charge in [0, 0.05) is 41.9 Å². The maximum absolute atomic E-state index is 14.0. The number of aryl methyl sites for hydroxylation is 2. The Labute approximate surface area is 183 Å². The maximum Gasteiger partial charge on any atom is 0.201 e. The molecule has 5 rings (SSSR count). The van der Waals surface area contributed by atoms with Crippen LogP contribution in [0, 0.1) is 18.6 Å². The van der Waals surface area contributed by atoms with Crippen LogP contribution in [-0.2, 0) is 13.6 Å². The summed E-state index contributed by atoms with van der Waals surface area (Å²) in [4.78, 5) is 12.6. The van der Waals surface area contributed by atoms with Crippen LogP contribution in [0.2, 0.25) is 0 Å². The molecule has 3 heterocycles. The number of fused-ring (bicyclic) bond motifs is 1. The number of imidazole rings is 1. The molecule has 0 aliphatic heterocycles. The highest BCUT2D eigenvalue weighted by Crippen LogP contribution is 2.32. The molecule has 32 heavy (non-hydrogen) atoms. The van der Waals surface area contributed by atoms with Crippen molar-refractivity contribution in [1.82, 2.24) is 24.7 Å². The van der Waals surface area contributed by atoms with Gasteiger partial charge in [-0.2, -0.15) is 5.10 Å². The van der Waals surface area contributed by atoms with Crippen molar-refractivity contribution in [2.75, 3.05) is 5.32 Å². The third kappa shape index (κ3) is 3.71. The Morgan fingerprint density at radius 1 is 1.03 bits per heavy atom. The number of benzene rings is 2. The first-order valence-corrected chi connectivity index (χ1v) is 10.1. The summed E-state index contributed by atoms with van der Waals surface area (Å²) in [6.45, 7) is 2.08. The van der Waals surface area contributed by atoms with Gasteiger partial charge in [0.05, 0.1) is 28.8 Å². The van der Waals surface area contributed by atoms with Gasteiger partial charge in [0.15, 0.2) is 0 Å². The highest BCUT2D eigenvalue weighted by atomic mass is 19.1. The van der Waals surface area contributed by atoms with E-state index in [9.17, 15) is 8.78 Å². The Kier molecular flexibility index (Phi) is 4.89. The van der Waals surface area contributed by atoms with E-state index in [1.807, 2.05) is 61.2 Å². The van der Waals surface area contributed by atoms with E-state index in [0.717, 1.165) is 45.3 Å². The van der Waals surface area contributed by atoms with Gasteiger partial charge >= 0.3 is 0 Å². The number of hydrogen-bond donors (Lipinski definition) is 2. The number of pyridine rings is 1. The first-order valence-electron chi connectivity index (χ1n) is 10.1. The lowest BCUT2D eigenvalue weighted by molar-refractivity contribution is 0.574. The minimum atomic E-state index is -0.606. The lowest BCUT2D eigenvalue weighted by Crippen LogP contribution is -2.03. The maximum atomic E-state index is 14.0. The molecule has 0 radical (unpaired) electrons. The second kappa shape index (κ2) is 7.88. The van der Waals surface area contributed by atoms with E-state index in [1.165, 1.54) is 12.1 Å². The standard InChI is InChI=1S/C24H20F2N6/c1-14-4-3-5-20(29-14)23-22(15-7-9-21-17(10-15)13-28-32(21)2)30-24(31-23)27-12-16-6-8-18(25)11-19(16)26/h3-11,13H,12H2,1-2H3,(H2,27,30,31). The summed E-state index contributed by atoms with van der Waals surface area (Å²) < 4.78 is 29.0. The number of aromatic nitrogens is 5. The molecule has 0 saturated heterocycles. The molecule has 5 aromatic rings. The van der Waals surface area contributed by atoms with Gasteiger partial charge in [-0.25, -0.2) is 13.8 Å². The quantitative estimate of drug-likeness (QED) is 0.401. The van der Waals surface area contributed by atoms with Crippen molar-refractivity contribution in [3.8, 4) is 22.6 Å². The second-order valence-electron chi connectivity index (χ2n) is 7.60. The SMILES string of the molecule is Cc1cccc(-c2[nH]c(NCc3ccc(F)cc3F)nc2-c2ccc3c(cnn3C)c2)n1. The molecule has 0 spiro atoms. The van der Waals surface area contributed by atoms with Crippen LogP contribution in [0.5, 0.6) is 0 Å². The van der Waals surface area contributed by atoms with Crippen LogP contribution in [0.3, 0.4) is 0 Å². The van der Waals surface area contributed by atoms with Crippen molar-refractivity contribution in [2.24, 2.45) is 7.05 Å². The van der Waals surface area contributed by atoms with Gasteiger partial charge in [0.1, 0.15) is 11.6 Å². The molecule has 0 aliphatic carbocycles. The number of hydrogen-bond acceptors (Lipinski definition) is 4. The topological polar surface area (TPSA) is 71.4 Å². The molecule has 0 fully saturated rings. The first kappa shape index (κ1) is 19.9. The summed E-state index contributed by atoms with van der Waals surface area (Å²) in [7, 11) is 1.90. The van der Waals surface area contributed by atoms with E-state index in [2.05, 4.69) is 20.4 Å². The van der Waals surface area contributed by atoms with Crippen LogP contribution < -0.4 is 5.32 Å². The fraction of sp³-hybridized carbons (Fsp3) is 0.125. The zero-order valence-corrected chi connectivity index (χ0v) is 17.5. The molecule has 160 valence electrons. The smallest absolute Gasteiger partial charge is 0.201 e. The van der Waals surface area contributed by atoms with Crippen LogP contribution in [0.4, 0.5) is 14.7 Å². The normalized spacial score (nSPS) is 11.2. The van der Waals surface area contributed by atoms with Crippen molar-refractivity contribution in [3.05, 3.63) is 83.7 Å². The van der Waals surface area contributed by atoms with Gasteiger partial charge in [0.25, 0.3) is 0 Å². The summed E-state index contributed by atoms with van der Waals surface area (Å²) in [6, 6.07) is 15.3. The Balaban J connectivity index is 1.55. The Morgan fingerprint density at radius 3 is 2.72 bits per heavy atom. The van der Waals surface area contributed by atoms with Crippen molar-refractivity contribution in [2.45, 2.75) is 13.5 Å². The molecule has 3 aromatic heterocycles. The molecule has 6 nitrogen and oxygen atoms in total. The van der Waals surface area contributed by atoms with Gasteiger partial charge < -0.3 is 10.3 Å². The molecule has 0 aliphatic rings. The lowest BCUT2D eigenvalue weighted by atomic mass is 10.1. The molecule has 0 saturated carbocycles. The van der Waals surface area contributed by atoms with Gasteiger partial charge in [-0.3, -0.25) is 9.67 Å². The zero-order valence-electron chi connectivity index (χ0n) is 17.5. The minimum absolute atomic E-state index is 0.154. The van der Waals surface area contributed by atoms with Crippen LogP contribution in [0.25, 0.3) is 33.5 Å². The molecular weight excluding hydrogens is 410 g/mol. The summed E-state index contributed by atoms with van der Waals surface area (Å²) in [5.74, 6) is -0.745. The van der Waals surface area contributed by atoms with Crippen LogP contribution >= 0.6 is 0 Å². The number of rotatable bonds is 5. The predicted molar refractivity (Wildman–Crippen MR) is 120 cm³/mol. The Morgan fingerprint density at radius 2 is 1.91 bits per heavy atom. The van der Waals surface area contributed by atoms with Gasteiger partial charge in [-0.05, 0) is 37.3 Å². The number of H-pyrrole nitrogens is 1. The van der Waals surface area contributed by atoms with E-state index < -0.39 is 11.6 Å². The summed E-state index contributed by atoms with van der Waals surface area (Å²) in [6.07, 6.45) is 1.81. The molecule has 2 aromatic carbocycles. The molecule has 0 unspecified atom stereocenters. The van der Waals surface area contributed by atoms with Crippen LogP contribution in [-0.4, -0.2) is 24.7 Å². The highest BCUT2D eigenvalue weighted by molar-refractivity contribution is 5.87. The fourth-order valence-corrected chi connectivity index (χ4v) is 3.69. The Hall–Kier alpha value is -4.07. The number of anilines is 1. The zero-order chi connectivity index (χ0) is 22.2. The average molecular weight is 430 g/mol. The van der Waals surface area contributed by atoms with E-state index in [0.29, 0.717) is 11.5 Å². The number of nitrogens with zero attached hydrogens (tertiary/aromatic N) is 4. The average Bonchev–Trinajstić information content (AvgIpc) is 3.37. The van der Waals surface area contributed by atoms with Gasteiger partial charge in [0.2, 0.25) is 5.95 Å². The van der Waals surface area contributed by atoms with E-state index in [4.69, 9.17) is 4.98 Å². The third-order valence-corrected chi connectivity index (χ3v) is 5.33. The van der Waals surface area contributed by atoms with E-state index in [1.54, 1.807) is 0 Å². The second-order valence-corrected chi connectivity index (χ2v) is 7.60. The third-order valence-electron chi connectivity index (χ3n) is 5.33. The minimum Gasteiger partial charge on any atom is -0.352 e. The largest absolute Gasteiger partial charge is 0.352 e. The van der Waals surface area contributed by atoms with Crippen molar-refractivity contribution in [1.29, 1.82) is 0 Å². The number of halogens is 2. The number of nitrogens with one attached hydrogen (secondary N) is 2. The highest BCUT2D eigenvalue weighted by Gasteiger charge is 2.17. The summed E-state index contributed by atoms with van der Waals surface area (Å²) >= 11 is 0. The van der Waals surface area contributed by atoms with Crippen LogP contribution in [0.1, 0.15) is 11.3 Å². The Bertz CT molecular complexity index is 1440. The lowest BCUT2D eigenvalue weighted by Gasteiger charge is -2.04. The molecule has 0 atom stereocenters. The van der Waals surface area contributed by atoms with Crippen LogP contribution in [0.15, 0.2) is 60.8 Å². The molecule has 0 bridgehead atoms. The predicted octanol–water partition coefficient (Wildman–Crippen LogP) is 5.22.